The number of amides is 2. The van der Waals surface area contributed by atoms with Gasteiger partial charge in [0.05, 0.1) is 0 Å². The quantitative estimate of drug-likeness (QED) is 0.895. The number of nitrogens with one attached hydrogen (secondary N) is 1. The lowest BCUT2D eigenvalue weighted by Gasteiger charge is -2.32. The van der Waals surface area contributed by atoms with Crippen molar-refractivity contribution in [1.82, 2.24) is 25.0 Å². The van der Waals surface area contributed by atoms with Crippen LogP contribution in [0.2, 0.25) is 0 Å². The van der Waals surface area contributed by atoms with Crippen LogP contribution in [0.1, 0.15) is 49.7 Å². The van der Waals surface area contributed by atoms with Crippen LogP contribution in [0.15, 0.2) is 30.6 Å². The highest BCUT2D eigenvalue weighted by Crippen LogP contribution is 2.21. The number of rotatable bonds is 5. The predicted octanol–water partition coefficient (Wildman–Crippen LogP) is 3.33. The fourth-order valence-electron chi connectivity index (χ4n) is 3.51. The smallest absolute Gasteiger partial charge is 0.317 e. The third kappa shape index (κ3) is 4.62. The van der Waals surface area contributed by atoms with E-state index in [0.29, 0.717) is 18.5 Å². The molecule has 0 aliphatic carbocycles. The van der Waals surface area contributed by atoms with E-state index in [0.717, 1.165) is 43.7 Å². The first-order valence-corrected chi connectivity index (χ1v) is 9.49. The van der Waals surface area contributed by atoms with E-state index in [1.54, 1.807) is 6.33 Å². The summed E-state index contributed by atoms with van der Waals surface area (Å²) < 4.78 is 2.12. The van der Waals surface area contributed by atoms with Gasteiger partial charge in [0.15, 0.2) is 0 Å². The minimum absolute atomic E-state index is 0.0283. The van der Waals surface area contributed by atoms with E-state index in [1.807, 2.05) is 4.90 Å². The van der Waals surface area contributed by atoms with Gasteiger partial charge in [-0.1, -0.05) is 29.8 Å². The molecule has 0 saturated carbocycles. The molecule has 1 atom stereocenters. The molecular weight excluding hydrogens is 326 g/mol. The van der Waals surface area contributed by atoms with Crippen LogP contribution >= 0.6 is 0 Å². The molecule has 1 saturated heterocycles. The highest BCUT2D eigenvalue weighted by molar-refractivity contribution is 5.74. The van der Waals surface area contributed by atoms with Crippen LogP contribution in [0.25, 0.3) is 0 Å². The van der Waals surface area contributed by atoms with Crippen LogP contribution in [-0.4, -0.2) is 38.8 Å². The molecule has 2 amide bonds. The first kappa shape index (κ1) is 18.4. The summed E-state index contributed by atoms with van der Waals surface area (Å²) in [5, 5.41) is 11.4. The number of aryl methyl sites for hydroxylation is 1. The third-order valence-electron chi connectivity index (χ3n) is 5.05. The molecule has 0 radical (unpaired) electrons. The zero-order valence-corrected chi connectivity index (χ0v) is 16.0. The molecule has 0 bridgehead atoms. The monoisotopic (exact) mass is 355 g/mol. The molecule has 6 nitrogen and oxygen atoms in total. The normalized spacial score (nSPS) is 17.5. The van der Waals surface area contributed by atoms with Gasteiger partial charge in [0.1, 0.15) is 12.2 Å². The summed E-state index contributed by atoms with van der Waals surface area (Å²) in [7, 11) is 0. The van der Waals surface area contributed by atoms with Gasteiger partial charge in [-0.25, -0.2) is 4.79 Å². The van der Waals surface area contributed by atoms with Crippen LogP contribution in [0, 0.1) is 12.8 Å². The molecule has 1 N–H and O–H groups in total. The Balaban J connectivity index is 1.53. The molecule has 6 heteroatoms. The fraction of sp³-hybridized carbons (Fsp3) is 0.550. The first-order chi connectivity index (χ1) is 12.5. The summed E-state index contributed by atoms with van der Waals surface area (Å²) in [6.07, 6.45) is 4.85. The number of piperidine rings is 1. The SMILES string of the molecule is Cc1ccc(CNC(=O)N2CCCC(Cc3nncn3C(C)C)C2)cc1. The highest BCUT2D eigenvalue weighted by atomic mass is 16.2. The molecule has 140 valence electrons. The molecular formula is C20H29N5O. The number of urea groups is 1. The molecule has 1 fully saturated rings. The van der Waals surface area contributed by atoms with Gasteiger partial charge in [-0.3, -0.25) is 0 Å². The molecule has 3 rings (SSSR count). The summed E-state index contributed by atoms with van der Waals surface area (Å²) in [5.74, 6) is 1.46. The molecule has 2 aromatic rings. The number of hydrogen-bond acceptors (Lipinski definition) is 3. The summed E-state index contributed by atoms with van der Waals surface area (Å²) >= 11 is 0. The number of hydrogen-bond donors (Lipinski definition) is 1. The van der Waals surface area contributed by atoms with Crippen molar-refractivity contribution in [2.75, 3.05) is 13.1 Å². The van der Waals surface area contributed by atoms with Crippen molar-refractivity contribution in [1.29, 1.82) is 0 Å². The molecule has 1 aliphatic heterocycles. The van der Waals surface area contributed by atoms with E-state index in [9.17, 15) is 4.79 Å². The maximum atomic E-state index is 12.5. The summed E-state index contributed by atoms with van der Waals surface area (Å²) in [6, 6.07) is 8.66. The first-order valence-electron chi connectivity index (χ1n) is 9.49. The number of likely N-dealkylation sites (tertiary alicyclic amines) is 1. The zero-order chi connectivity index (χ0) is 18.5. The number of aromatic nitrogens is 3. The molecule has 1 unspecified atom stereocenters. The van der Waals surface area contributed by atoms with Gasteiger partial charge in [0, 0.05) is 32.1 Å². The average Bonchev–Trinajstić information content (AvgIpc) is 3.09. The minimum Gasteiger partial charge on any atom is -0.334 e. The predicted molar refractivity (Wildman–Crippen MR) is 102 cm³/mol. The van der Waals surface area contributed by atoms with Gasteiger partial charge in [-0.05, 0) is 45.1 Å². The fourth-order valence-corrected chi connectivity index (χ4v) is 3.51. The van der Waals surface area contributed by atoms with Gasteiger partial charge in [0.25, 0.3) is 0 Å². The molecule has 1 aromatic carbocycles. The van der Waals surface area contributed by atoms with Crippen molar-refractivity contribution >= 4 is 6.03 Å². The lowest BCUT2D eigenvalue weighted by Crippen LogP contribution is -2.45. The Labute approximate surface area is 155 Å². The molecule has 0 spiro atoms. The number of nitrogens with zero attached hydrogens (tertiary/aromatic N) is 4. The Bertz CT molecular complexity index is 722. The van der Waals surface area contributed by atoms with Crippen molar-refractivity contribution in [3.8, 4) is 0 Å². The van der Waals surface area contributed by atoms with E-state index in [-0.39, 0.29) is 6.03 Å². The molecule has 2 heterocycles. The lowest BCUT2D eigenvalue weighted by atomic mass is 9.94. The summed E-state index contributed by atoms with van der Waals surface area (Å²) in [6.45, 7) is 8.52. The minimum atomic E-state index is 0.0283. The van der Waals surface area contributed by atoms with Gasteiger partial charge in [-0.15, -0.1) is 10.2 Å². The Kier molecular flexibility index (Phi) is 5.91. The van der Waals surface area contributed by atoms with Crippen LogP contribution in [0.3, 0.4) is 0 Å². The standard InChI is InChI=1S/C20H29N5O/c1-15(2)25-14-22-23-19(25)11-18-5-4-10-24(13-18)20(26)21-12-17-8-6-16(3)7-9-17/h6-9,14-15,18H,4-5,10-13H2,1-3H3,(H,21,26). The van der Waals surface area contributed by atoms with Crippen molar-refractivity contribution < 1.29 is 4.79 Å². The lowest BCUT2D eigenvalue weighted by molar-refractivity contribution is 0.163. The second-order valence-electron chi connectivity index (χ2n) is 7.55. The number of carbonyl (C=O) groups is 1. The Morgan fingerprint density at radius 2 is 2.08 bits per heavy atom. The van der Waals surface area contributed by atoms with Crippen molar-refractivity contribution in [3.63, 3.8) is 0 Å². The van der Waals surface area contributed by atoms with E-state index < -0.39 is 0 Å². The summed E-state index contributed by atoms with van der Waals surface area (Å²) in [4.78, 5) is 14.5. The number of benzene rings is 1. The van der Waals surface area contributed by atoms with E-state index in [1.165, 1.54) is 5.56 Å². The van der Waals surface area contributed by atoms with Crippen LogP contribution in [0.5, 0.6) is 0 Å². The van der Waals surface area contributed by atoms with Gasteiger partial charge in [0.2, 0.25) is 0 Å². The number of carbonyl (C=O) groups excluding carboxylic acids is 1. The van der Waals surface area contributed by atoms with Crippen molar-refractivity contribution in [3.05, 3.63) is 47.5 Å². The van der Waals surface area contributed by atoms with Crippen LogP contribution in [-0.2, 0) is 13.0 Å². The summed E-state index contributed by atoms with van der Waals surface area (Å²) in [5.41, 5.74) is 2.36. The maximum absolute atomic E-state index is 12.5. The van der Waals surface area contributed by atoms with Gasteiger partial charge < -0.3 is 14.8 Å². The third-order valence-corrected chi connectivity index (χ3v) is 5.05. The Morgan fingerprint density at radius 1 is 1.31 bits per heavy atom. The maximum Gasteiger partial charge on any atom is 0.317 e. The molecule has 26 heavy (non-hydrogen) atoms. The van der Waals surface area contributed by atoms with E-state index in [4.69, 9.17) is 0 Å². The highest BCUT2D eigenvalue weighted by Gasteiger charge is 2.25. The van der Waals surface area contributed by atoms with Crippen LogP contribution in [0.4, 0.5) is 4.79 Å². The topological polar surface area (TPSA) is 63.1 Å². The molecule has 1 aromatic heterocycles. The second-order valence-corrected chi connectivity index (χ2v) is 7.55. The van der Waals surface area contributed by atoms with E-state index in [2.05, 4.69) is 65.1 Å². The zero-order valence-electron chi connectivity index (χ0n) is 16.0. The van der Waals surface area contributed by atoms with Crippen molar-refractivity contribution in [2.24, 2.45) is 5.92 Å². The van der Waals surface area contributed by atoms with Gasteiger partial charge in [-0.2, -0.15) is 0 Å². The largest absolute Gasteiger partial charge is 0.334 e. The second kappa shape index (κ2) is 8.34. The average molecular weight is 355 g/mol. The molecule has 1 aliphatic rings. The van der Waals surface area contributed by atoms with Crippen LogP contribution < -0.4 is 5.32 Å². The Hall–Kier alpha value is -2.37. The van der Waals surface area contributed by atoms with Crippen molar-refractivity contribution in [2.45, 2.75) is 52.6 Å². The van der Waals surface area contributed by atoms with E-state index >= 15 is 0 Å². The van der Waals surface area contributed by atoms with Gasteiger partial charge >= 0.3 is 6.03 Å². The Morgan fingerprint density at radius 3 is 2.81 bits per heavy atom.